The van der Waals surface area contributed by atoms with Gasteiger partial charge in [0.15, 0.2) is 0 Å². The molecule has 1 unspecified atom stereocenters. The van der Waals surface area contributed by atoms with Gasteiger partial charge in [0, 0.05) is 12.6 Å². The summed E-state index contributed by atoms with van der Waals surface area (Å²) >= 11 is 0. The van der Waals surface area contributed by atoms with Gasteiger partial charge in [-0.25, -0.2) is 9.97 Å². The zero-order valence-electron chi connectivity index (χ0n) is 9.17. The molecule has 1 N–H and O–H groups in total. The summed E-state index contributed by atoms with van der Waals surface area (Å²) in [5, 5.41) is 9.95. The average Bonchev–Trinajstić information content (AvgIpc) is 2.33. The van der Waals surface area contributed by atoms with E-state index in [1.54, 1.807) is 12.3 Å². The van der Waals surface area contributed by atoms with Crippen molar-refractivity contribution in [2.75, 3.05) is 0 Å². The third-order valence-electron chi connectivity index (χ3n) is 2.50. The predicted molar refractivity (Wildman–Crippen MR) is 61.9 cm³/mol. The monoisotopic (exact) mass is 214 g/mol. The quantitative estimate of drug-likeness (QED) is 0.850. The molecule has 1 atom stereocenters. The van der Waals surface area contributed by atoms with Crippen molar-refractivity contribution in [3.63, 3.8) is 0 Å². The maximum absolute atomic E-state index is 9.95. The van der Waals surface area contributed by atoms with Crippen LogP contribution < -0.4 is 0 Å². The highest BCUT2D eigenvalue weighted by atomic mass is 16.3. The van der Waals surface area contributed by atoms with E-state index in [1.165, 1.54) is 11.9 Å². The van der Waals surface area contributed by atoms with Crippen molar-refractivity contribution in [2.45, 2.75) is 19.4 Å². The molecule has 1 aromatic carbocycles. The minimum absolute atomic E-state index is 0.564. The van der Waals surface area contributed by atoms with Gasteiger partial charge in [-0.3, -0.25) is 0 Å². The van der Waals surface area contributed by atoms with Crippen molar-refractivity contribution < 1.29 is 5.11 Å². The SMILES string of the molecule is Cc1ccc(CC(O)c2ccncn2)cc1. The molecule has 0 spiro atoms. The number of aliphatic hydroxyl groups is 1. The van der Waals surface area contributed by atoms with Gasteiger partial charge in [-0.05, 0) is 18.6 Å². The number of aliphatic hydroxyl groups excluding tert-OH is 1. The molecule has 0 saturated carbocycles. The van der Waals surface area contributed by atoms with E-state index in [0.717, 1.165) is 5.56 Å². The minimum atomic E-state index is -0.564. The largest absolute Gasteiger partial charge is 0.386 e. The standard InChI is InChI=1S/C13H14N2O/c1-10-2-4-11(5-3-10)8-13(16)12-6-7-14-9-15-12/h2-7,9,13,16H,8H2,1H3. The second-order valence-electron chi connectivity index (χ2n) is 3.84. The van der Waals surface area contributed by atoms with E-state index in [9.17, 15) is 5.11 Å². The summed E-state index contributed by atoms with van der Waals surface area (Å²) in [5.41, 5.74) is 2.99. The summed E-state index contributed by atoms with van der Waals surface area (Å²) in [7, 11) is 0. The van der Waals surface area contributed by atoms with Crippen LogP contribution in [0.5, 0.6) is 0 Å². The van der Waals surface area contributed by atoms with Crippen LogP contribution in [0.1, 0.15) is 22.9 Å². The number of hydrogen-bond donors (Lipinski definition) is 1. The van der Waals surface area contributed by atoms with Crippen LogP contribution in [-0.4, -0.2) is 15.1 Å². The lowest BCUT2D eigenvalue weighted by Gasteiger charge is -2.09. The molecule has 0 aliphatic rings. The Hall–Kier alpha value is -1.74. The molecule has 3 heteroatoms. The first-order chi connectivity index (χ1) is 7.75. The normalized spacial score (nSPS) is 12.4. The van der Waals surface area contributed by atoms with Gasteiger partial charge in [-0.15, -0.1) is 0 Å². The molecular formula is C13H14N2O. The van der Waals surface area contributed by atoms with Crippen molar-refractivity contribution in [1.29, 1.82) is 0 Å². The molecule has 1 aromatic heterocycles. The summed E-state index contributed by atoms with van der Waals surface area (Å²) in [6.45, 7) is 2.05. The summed E-state index contributed by atoms with van der Waals surface area (Å²) in [5.74, 6) is 0. The second-order valence-corrected chi connectivity index (χ2v) is 3.84. The fourth-order valence-corrected chi connectivity index (χ4v) is 1.55. The highest BCUT2D eigenvalue weighted by Gasteiger charge is 2.09. The molecule has 0 amide bonds. The maximum Gasteiger partial charge on any atom is 0.115 e. The zero-order valence-corrected chi connectivity index (χ0v) is 9.17. The van der Waals surface area contributed by atoms with Crippen LogP contribution in [0.15, 0.2) is 42.9 Å². The minimum Gasteiger partial charge on any atom is -0.386 e. The first-order valence-corrected chi connectivity index (χ1v) is 5.25. The fraction of sp³-hybridized carbons (Fsp3) is 0.231. The Morgan fingerprint density at radius 2 is 1.94 bits per heavy atom. The van der Waals surface area contributed by atoms with Crippen LogP contribution in [0.25, 0.3) is 0 Å². The molecule has 1 heterocycles. The predicted octanol–water partition coefficient (Wildman–Crippen LogP) is 2.06. The third-order valence-corrected chi connectivity index (χ3v) is 2.50. The lowest BCUT2D eigenvalue weighted by molar-refractivity contribution is 0.173. The van der Waals surface area contributed by atoms with Crippen molar-refractivity contribution in [1.82, 2.24) is 9.97 Å². The van der Waals surface area contributed by atoms with Crippen LogP contribution in [0.4, 0.5) is 0 Å². The summed E-state index contributed by atoms with van der Waals surface area (Å²) < 4.78 is 0. The number of nitrogens with zero attached hydrogens (tertiary/aromatic N) is 2. The molecular weight excluding hydrogens is 200 g/mol. The van der Waals surface area contributed by atoms with Crippen molar-refractivity contribution >= 4 is 0 Å². The lowest BCUT2D eigenvalue weighted by Crippen LogP contribution is -2.04. The van der Waals surface area contributed by atoms with Crippen LogP contribution in [0.2, 0.25) is 0 Å². The highest BCUT2D eigenvalue weighted by molar-refractivity contribution is 5.22. The summed E-state index contributed by atoms with van der Waals surface area (Å²) in [6, 6.07) is 9.88. The highest BCUT2D eigenvalue weighted by Crippen LogP contribution is 2.15. The van der Waals surface area contributed by atoms with Gasteiger partial charge in [0.1, 0.15) is 12.4 Å². The van der Waals surface area contributed by atoms with Crippen molar-refractivity contribution in [3.8, 4) is 0 Å². The molecule has 2 aromatic rings. The Morgan fingerprint density at radius 3 is 2.56 bits per heavy atom. The van der Waals surface area contributed by atoms with Crippen LogP contribution in [0.3, 0.4) is 0 Å². The Bertz CT molecular complexity index is 439. The topological polar surface area (TPSA) is 46.0 Å². The van der Waals surface area contributed by atoms with Gasteiger partial charge in [0.25, 0.3) is 0 Å². The van der Waals surface area contributed by atoms with Gasteiger partial charge in [-0.1, -0.05) is 29.8 Å². The molecule has 3 nitrogen and oxygen atoms in total. The van der Waals surface area contributed by atoms with Crippen LogP contribution in [-0.2, 0) is 6.42 Å². The zero-order chi connectivity index (χ0) is 11.4. The summed E-state index contributed by atoms with van der Waals surface area (Å²) in [6.07, 6.45) is 3.11. The average molecular weight is 214 g/mol. The first-order valence-electron chi connectivity index (χ1n) is 5.25. The second kappa shape index (κ2) is 4.86. The first kappa shape index (κ1) is 10.8. The van der Waals surface area contributed by atoms with Gasteiger partial charge in [-0.2, -0.15) is 0 Å². The number of benzene rings is 1. The van der Waals surface area contributed by atoms with Crippen molar-refractivity contribution in [2.24, 2.45) is 0 Å². The molecule has 0 fully saturated rings. The molecule has 82 valence electrons. The van der Waals surface area contributed by atoms with Gasteiger partial charge in [0.05, 0.1) is 5.69 Å². The third kappa shape index (κ3) is 2.64. The lowest BCUT2D eigenvalue weighted by atomic mass is 10.0. The Morgan fingerprint density at radius 1 is 1.19 bits per heavy atom. The van der Waals surface area contributed by atoms with E-state index >= 15 is 0 Å². The molecule has 0 saturated heterocycles. The van der Waals surface area contributed by atoms with Crippen molar-refractivity contribution in [3.05, 3.63) is 59.7 Å². The van der Waals surface area contributed by atoms with Gasteiger partial charge in [0.2, 0.25) is 0 Å². The van der Waals surface area contributed by atoms with Gasteiger partial charge >= 0.3 is 0 Å². The number of aryl methyl sites for hydroxylation is 1. The number of hydrogen-bond acceptors (Lipinski definition) is 3. The maximum atomic E-state index is 9.95. The van der Waals surface area contributed by atoms with E-state index < -0.39 is 6.10 Å². The molecule has 16 heavy (non-hydrogen) atoms. The van der Waals surface area contributed by atoms with E-state index in [2.05, 4.69) is 9.97 Å². The number of rotatable bonds is 3. The smallest absolute Gasteiger partial charge is 0.115 e. The Labute approximate surface area is 94.8 Å². The molecule has 0 bridgehead atoms. The van der Waals surface area contributed by atoms with Gasteiger partial charge < -0.3 is 5.11 Å². The fourth-order valence-electron chi connectivity index (χ4n) is 1.55. The molecule has 0 aliphatic heterocycles. The Balaban J connectivity index is 2.08. The molecule has 0 aliphatic carbocycles. The van der Waals surface area contributed by atoms with E-state index in [0.29, 0.717) is 12.1 Å². The van der Waals surface area contributed by atoms with E-state index in [1.807, 2.05) is 31.2 Å². The molecule has 2 rings (SSSR count). The molecule has 0 radical (unpaired) electrons. The van der Waals surface area contributed by atoms with E-state index in [4.69, 9.17) is 0 Å². The van der Waals surface area contributed by atoms with Crippen LogP contribution >= 0.6 is 0 Å². The summed E-state index contributed by atoms with van der Waals surface area (Å²) in [4.78, 5) is 7.86. The van der Waals surface area contributed by atoms with Crippen LogP contribution in [0, 0.1) is 6.92 Å². The Kier molecular flexibility index (Phi) is 3.27. The van der Waals surface area contributed by atoms with E-state index in [-0.39, 0.29) is 0 Å². The number of aromatic nitrogens is 2.